The Morgan fingerprint density at radius 3 is 2.48 bits per heavy atom. The van der Waals surface area contributed by atoms with E-state index in [2.05, 4.69) is 10.6 Å². The fraction of sp³-hybridized carbons (Fsp3) is 0.429. The lowest BCUT2D eigenvalue weighted by Gasteiger charge is -2.25. The number of carboxylic acid groups (broad SMARTS) is 1. The zero-order chi connectivity index (χ0) is 15.4. The molecule has 1 fully saturated rings. The first-order valence-electron chi connectivity index (χ1n) is 6.74. The van der Waals surface area contributed by atoms with Gasteiger partial charge in [0.25, 0.3) is 0 Å². The van der Waals surface area contributed by atoms with Crippen LogP contribution in [0.4, 0.5) is 19.3 Å². The number of nitrogens with one attached hydrogen (secondary N) is 2. The molecule has 2 amide bonds. The van der Waals surface area contributed by atoms with Crippen molar-refractivity contribution in [2.45, 2.75) is 25.7 Å². The maximum absolute atomic E-state index is 13.1. The van der Waals surface area contributed by atoms with Crippen LogP contribution in [0.15, 0.2) is 12.1 Å². The Morgan fingerprint density at radius 1 is 1.24 bits per heavy atom. The second kappa shape index (κ2) is 6.51. The summed E-state index contributed by atoms with van der Waals surface area (Å²) in [7, 11) is 0. The fourth-order valence-corrected chi connectivity index (χ4v) is 2.17. The van der Waals surface area contributed by atoms with Gasteiger partial charge in [0.2, 0.25) is 0 Å². The molecule has 3 N–H and O–H groups in total. The first-order valence-corrected chi connectivity index (χ1v) is 6.74. The van der Waals surface area contributed by atoms with Crippen molar-refractivity contribution in [1.29, 1.82) is 0 Å². The van der Waals surface area contributed by atoms with Gasteiger partial charge in [0.1, 0.15) is 0 Å². The number of rotatable bonds is 5. The largest absolute Gasteiger partial charge is 0.478 e. The van der Waals surface area contributed by atoms with E-state index in [-0.39, 0.29) is 5.69 Å². The van der Waals surface area contributed by atoms with Gasteiger partial charge in [0.05, 0.1) is 11.3 Å². The number of benzene rings is 1. The number of carboxylic acids is 1. The van der Waals surface area contributed by atoms with Crippen LogP contribution in [0.25, 0.3) is 0 Å². The van der Waals surface area contributed by atoms with E-state index in [4.69, 9.17) is 5.11 Å². The van der Waals surface area contributed by atoms with E-state index in [9.17, 15) is 18.4 Å². The third-order valence-corrected chi connectivity index (χ3v) is 3.60. The monoisotopic (exact) mass is 298 g/mol. The number of halogens is 2. The second-order valence-electron chi connectivity index (χ2n) is 5.08. The molecule has 1 aliphatic rings. The average Bonchev–Trinajstić information content (AvgIpc) is 2.36. The summed E-state index contributed by atoms with van der Waals surface area (Å²) in [6.07, 6.45) is 4.40. The number of anilines is 1. The minimum atomic E-state index is -1.45. The third kappa shape index (κ3) is 3.90. The molecule has 0 radical (unpaired) electrons. The van der Waals surface area contributed by atoms with Gasteiger partial charge >= 0.3 is 12.0 Å². The van der Waals surface area contributed by atoms with Crippen molar-refractivity contribution in [3.05, 3.63) is 29.3 Å². The molecule has 0 atom stereocenters. The molecule has 114 valence electrons. The van der Waals surface area contributed by atoms with Crippen LogP contribution in [-0.4, -0.2) is 23.7 Å². The van der Waals surface area contributed by atoms with Crippen molar-refractivity contribution >= 4 is 17.7 Å². The number of hydrogen-bond donors (Lipinski definition) is 3. The van der Waals surface area contributed by atoms with Crippen molar-refractivity contribution in [2.75, 3.05) is 11.9 Å². The summed E-state index contributed by atoms with van der Waals surface area (Å²) < 4.78 is 26.2. The standard InChI is InChI=1S/C14H16F2N2O3/c15-10-6-9(13(19)20)12(7-11(10)16)18-14(21)17-5-4-8-2-1-3-8/h6-8H,1-5H2,(H,19,20)(H2,17,18,21). The predicted octanol–water partition coefficient (Wildman–Crippen LogP) is 2.97. The fourth-order valence-electron chi connectivity index (χ4n) is 2.17. The summed E-state index contributed by atoms with van der Waals surface area (Å²) in [5, 5.41) is 13.7. The molecular formula is C14H16F2N2O3. The van der Waals surface area contributed by atoms with Gasteiger partial charge in [-0.1, -0.05) is 19.3 Å². The normalized spacial score (nSPS) is 14.4. The molecule has 0 aromatic heterocycles. The van der Waals surface area contributed by atoms with Crippen LogP contribution in [0.1, 0.15) is 36.0 Å². The number of aromatic carboxylic acids is 1. The van der Waals surface area contributed by atoms with E-state index in [1.54, 1.807) is 0 Å². The van der Waals surface area contributed by atoms with Crippen LogP contribution in [0.2, 0.25) is 0 Å². The molecule has 0 saturated heterocycles. The number of hydrogen-bond acceptors (Lipinski definition) is 2. The summed E-state index contributed by atoms with van der Waals surface area (Å²) in [6.45, 7) is 0.461. The minimum Gasteiger partial charge on any atom is -0.478 e. The number of carbonyl (C=O) groups excluding carboxylic acids is 1. The van der Waals surface area contributed by atoms with E-state index in [0.717, 1.165) is 19.3 Å². The van der Waals surface area contributed by atoms with E-state index in [1.165, 1.54) is 6.42 Å². The topological polar surface area (TPSA) is 78.4 Å². The Balaban J connectivity index is 1.95. The quantitative estimate of drug-likeness (QED) is 0.782. The summed E-state index contributed by atoms with van der Waals surface area (Å²) >= 11 is 0. The van der Waals surface area contributed by atoms with E-state index >= 15 is 0 Å². The smallest absolute Gasteiger partial charge is 0.337 e. The third-order valence-electron chi connectivity index (χ3n) is 3.60. The molecule has 0 spiro atoms. The molecule has 0 aliphatic heterocycles. The lowest BCUT2D eigenvalue weighted by atomic mass is 9.83. The Hall–Kier alpha value is -2.18. The van der Waals surface area contributed by atoms with Gasteiger partial charge in [0.15, 0.2) is 11.6 Å². The highest BCUT2D eigenvalue weighted by Gasteiger charge is 2.18. The Labute approximate surface area is 120 Å². The van der Waals surface area contributed by atoms with Gasteiger partial charge in [-0.2, -0.15) is 0 Å². The highest BCUT2D eigenvalue weighted by atomic mass is 19.2. The van der Waals surface area contributed by atoms with Crippen LogP contribution >= 0.6 is 0 Å². The Kier molecular flexibility index (Phi) is 4.72. The molecule has 5 nitrogen and oxygen atoms in total. The van der Waals surface area contributed by atoms with Gasteiger partial charge in [-0.15, -0.1) is 0 Å². The van der Waals surface area contributed by atoms with E-state index in [1.807, 2.05) is 0 Å². The van der Waals surface area contributed by atoms with Crippen molar-refractivity contribution in [2.24, 2.45) is 5.92 Å². The van der Waals surface area contributed by atoms with Gasteiger partial charge in [-0.05, 0) is 18.4 Å². The highest BCUT2D eigenvalue weighted by Crippen LogP contribution is 2.28. The minimum absolute atomic E-state index is 0.275. The van der Waals surface area contributed by atoms with Crippen molar-refractivity contribution in [3.8, 4) is 0 Å². The van der Waals surface area contributed by atoms with Crippen LogP contribution in [-0.2, 0) is 0 Å². The molecule has 1 saturated carbocycles. The average molecular weight is 298 g/mol. The number of urea groups is 1. The molecule has 1 aliphatic carbocycles. The van der Waals surface area contributed by atoms with Crippen molar-refractivity contribution < 1.29 is 23.5 Å². The summed E-state index contributed by atoms with van der Waals surface area (Å²) in [5.74, 6) is -3.31. The van der Waals surface area contributed by atoms with Crippen LogP contribution in [0, 0.1) is 17.6 Å². The molecule has 0 bridgehead atoms. The van der Waals surface area contributed by atoms with Crippen molar-refractivity contribution in [3.63, 3.8) is 0 Å². The van der Waals surface area contributed by atoms with Gasteiger partial charge in [-0.25, -0.2) is 18.4 Å². The SMILES string of the molecule is O=C(NCCC1CCC1)Nc1cc(F)c(F)cc1C(=O)O. The molecule has 0 heterocycles. The Bertz CT molecular complexity index is 559. The number of carbonyl (C=O) groups is 2. The second-order valence-corrected chi connectivity index (χ2v) is 5.08. The van der Waals surface area contributed by atoms with Gasteiger partial charge < -0.3 is 15.7 Å². The van der Waals surface area contributed by atoms with Crippen molar-refractivity contribution in [1.82, 2.24) is 5.32 Å². The maximum atomic E-state index is 13.1. The summed E-state index contributed by atoms with van der Waals surface area (Å²) in [5.41, 5.74) is -0.773. The maximum Gasteiger partial charge on any atom is 0.337 e. The molecule has 21 heavy (non-hydrogen) atoms. The Morgan fingerprint density at radius 2 is 1.90 bits per heavy atom. The van der Waals surface area contributed by atoms with Crippen LogP contribution in [0.5, 0.6) is 0 Å². The lowest BCUT2D eigenvalue weighted by Crippen LogP contribution is -2.32. The van der Waals surface area contributed by atoms with E-state index in [0.29, 0.717) is 24.6 Å². The van der Waals surface area contributed by atoms with Crippen LogP contribution in [0.3, 0.4) is 0 Å². The number of amides is 2. The highest BCUT2D eigenvalue weighted by molar-refractivity contribution is 6.00. The molecule has 1 aromatic rings. The zero-order valence-corrected chi connectivity index (χ0v) is 11.3. The summed E-state index contributed by atoms with van der Waals surface area (Å²) in [6, 6.07) is 0.564. The molecule has 7 heteroatoms. The van der Waals surface area contributed by atoms with Crippen LogP contribution < -0.4 is 10.6 Å². The molecular weight excluding hydrogens is 282 g/mol. The first-order chi connectivity index (χ1) is 9.97. The molecule has 0 unspecified atom stereocenters. The lowest BCUT2D eigenvalue weighted by molar-refractivity contribution is 0.0697. The van der Waals surface area contributed by atoms with Gasteiger partial charge in [-0.3, -0.25) is 0 Å². The molecule has 2 rings (SSSR count). The van der Waals surface area contributed by atoms with Gasteiger partial charge in [0, 0.05) is 12.6 Å². The van der Waals surface area contributed by atoms with E-state index < -0.39 is 29.2 Å². The predicted molar refractivity (Wildman–Crippen MR) is 72.3 cm³/mol. The zero-order valence-electron chi connectivity index (χ0n) is 11.3. The molecule has 1 aromatic carbocycles. The first kappa shape index (κ1) is 15.2. The summed E-state index contributed by atoms with van der Waals surface area (Å²) in [4.78, 5) is 22.6.